The van der Waals surface area contributed by atoms with Crippen LogP contribution in [0.4, 0.5) is 0 Å². The smallest absolute Gasteiger partial charge is 0.329 e. The third kappa shape index (κ3) is 4.34. The van der Waals surface area contributed by atoms with Gasteiger partial charge >= 0.3 is 5.97 Å². The van der Waals surface area contributed by atoms with Gasteiger partial charge in [-0.1, -0.05) is 19.9 Å². The van der Waals surface area contributed by atoms with E-state index in [9.17, 15) is 14.4 Å². The first-order chi connectivity index (χ1) is 9.32. The lowest BCUT2D eigenvalue weighted by Crippen LogP contribution is -2.47. The maximum absolute atomic E-state index is 12.0. The number of rotatable bonds is 6. The zero-order valence-corrected chi connectivity index (χ0v) is 12.4. The molecule has 2 amide bonds. The van der Waals surface area contributed by atoms with Crippen LogP contribution in [0.2, 0.25) is 0 Å². The summed E-state index contributed by atoms with van der Waals surface area (Å²) in [7, 11) is 0. The number of hydrogen-bond acceptors (Lipinski definition) is 5. The lowest BCUT2D eigenvalue weighted by Gasteiger charge is -2.22. The molecular formula is C13H18N2O4S. The van der Waals surface area contributed by atoms with Crippen molar-refractivity contribution >= 4 is 29.1 Å². The van der Waals surface area contributed by atoms with E-state index in [0.717, 1.165) is 0 Å². The fourth-order valence-corrected chi connectivity index (χ4v) is 2.05. The third-order valence-electron chi connectivity index (χ3n) is 2.65. The summed E-state index contributed by atoms with van der Waals surface area (Å²) in [5.74, 6) is -1.92. The van der Waals surface area contributed by atoms with Gasteiger partial charge in [0.1, 0.15) is 6.04 Å². The van der Waals surface area contributed by atoms with Crippen molar-refractivity contribution in [2.45, 2.75) is 32.9 Å². The van der Waals surface area contributed by atoms with Crippen LogP contribution < -0.4 is 11.1 Å². The number of thiophene rings is 1. The van der Waals surface area contributed by atoms with E-state index in [-0.39, 0.29) is 11.8 Å². The van der Waals surface area contributed by atoms with Gasteiger partial charge in [-0.3, -0.25) is 9.59 Å². The third-order valence-corrected chi connectivity index (χ3v) is 3.51. The van der Waals surface area contributed by atoms with Gasteiger partial charge in [0.15, 0.2) is 6.10 Å². The quantitative estimate of drug-likeness (QED) is 0.763. The number of ether oxygens (including phenoxy) is 1. The summed E-state index contributed by atoms with van der Waals surface area (Å²) < 4.78 is 4.93. The van der Waals surface area contributed by atoms with Crippen molar-refractivity contribution in [1.82, 2.24) is 5.32 Å². The van der Waals surface area contributed by atoms with Crippen LogP contribution in [0.15, 0.2) is 17.5 Å². The van der Waals surface area contributed by atoms with E-state index in [1.807, 2.05) is 0 Å². The summed E-state index contributed by atoms with van der Waals surface area (Å²) in [5, 5.41) is 4.38. The fraction of sp³-hybridized carbons (Fsp3) is 0.462. The average molecular weight is 298 g/mol. The highest BCUT2D eigenvalue weighted by atomic mass is 32.1. The van der Waals surface area contributed by atoms with Crippen molar-refractivity contribution in [2.24, 2.45) is 11.7 Å². The van der Waals surface area contributed by atoms with Gasteiger partial charge in [0.05, 0.1) is 4.88 Å². The second-order valence-corrected chi connectivity index (χ2v) is 5.60. The summed E-state index contributed by atoms with van der Waals surface area (Å²) in [6.07, 6.45) is -1.03. The maximum atomic E-state index is 12.0. The monoisotopic (exact) mass is 298 g/mol. The number of nitrogens with two attached hydrogens (primary N) is 1. The Kier molecular flexibility index (Phi) is 5.69. The number of nitrogens with one attached hydrogen (secondary N) is 1. The first-order valence-corrected chi connectivity index (χ1v) is 7.05. The Morgan fingerprint density at radius 2 is 1.95 bits per heavy atom. The van der Waals surface area contributed by atoms with E-state index < -0.39 is 24.0 Å². The number of amides is 2. The van der Waals surface area contributed by atoms with Gasteiger partial charge in [0.25, 0.3) is 11.8 Å². The van der Waals surface area contributed by atoms with Crippen molar-refractivity contribution in [3.8, 4) is 0 Å². The number of esters is 1. The Labute approximate surface area is 121 Å². The van der Waals surface area contributed by atoms with Gasteiger partial charge in [-0.05, 0) is 24.3 Å². The van der Waals surface area contributed by atoms with E-state index in [1.165, 1.54) is 18.3 Å². The molecule has 1 heterocycles. The zero-order chi connectivity index (χ0) is 15.3. The van der Waals surface area contributed by atoms with Crippen LogP contribution >= 0.6 is 11.3 Å². The summed E-state index contributed by atoms with van der Waals surface area (Å²) in [6.45, 7) is 4.93. The first-order valence-electron chi connectivity index (χ1n) is 6.17. The van der Waals surface area contributed by atoms with Crippen molar-refractivity contribution in [3.63, 3.8) is 0 Å². The molecule has 110 valence electrons. The van der Waals surface area contributed by atoms with Gasteiger partial charge in [0, 0.05) is 0 Å². The van der Waals surface area contributed by atoms with Crippen molar-refractivity contribution in [1.29, 1.82) is 0 Å². The minimum atomic E-state index is -1.03. The molecule has 0 aliphatic carbocycles. The lowest BCUT2D eigenvalue weighted by molar-refractivity contribution is -0.156. The summed E-state index contributed by atoms with van der Waals surface area (Å²) in [5.41, 5.74) is 5.04. The van der Waals surface area contributed by atoms with E-state index in [1.54, 1.807) is 31.4 Å². The van der Waals surface area contributed by atoms with Crippen LogP contribution in [-0.4, -0.2) is 29.9 Å². The molecule has 6 nitrogen and oxygen atoms in total. The van der Waals surface area contributed by atoms with E-state index in [2.05, 4.69) is 5.32 Å². The van der Waals surface area contributed by atoms with Crippen LogP contribution in [-0.2, 0) is 14.3 Å². The second-order valence-electron chi connectivity index (χ2n) is 4.65. The van der Waals surface area contributed by atoms with E-state index in [4.69, 9.17) is 10.5 Å². The van der Waals surface area contributed by atoms with Crippen LogP contribution in [0, 0.1) is 5.92 Å². The largest absolute Gasteiger partial charge is 0.451 e. The highest BCUT2D eigenvalue weighted by molar-refractivity contribution is 7.12. The molecule has 0 saturated heterocycles. The molecule has 0 saturated carbocycles. The molecule has 0 aliphatic rings. The molecule has 3 N–H and O–H groups in total. The Morgan fingerprint density at radius 1 is 1.30 bits per heavy atom. The Hall–Kier alpha value is -1.89. The number of hydrogen-bond donors (Lipinski definition) is 2. The molecule has 2 atom stereocenters. The van der Waals surface area contributed by atoms with Gasteiger partial charge in [-0.15, -0.1) is 11.3 Å². The molecule has 1 rings (SSSR count). The Bertz CT molecular complexity index is 485. The normalized spacial score (nSPS) is 13.6. The highest BCUT2D eigenvalue weighted by Crippen LogP contribution is 2.11. The van der Waals surface area contributed by atoms with Gasteiger partial charge in [0.2, 0.25) is 0 Å². The average Bonchev–Trinajstić information content (AvgIpc) is 2.88. The zero-order valence-electron chi connectivity index (χ0n) is 11.6. The van der Waals surface area contributed by atoms with Crippen LogP contribution in [0.3, 0.4) is 0 Å². The van der Waals surface area contributed by atoms with Crippen molar-refractivity contribution in [2.75, 3.05) is 0 Å². The molecule has 0 unspecified atom stereocenters. The van der Waals surface area contributed by atoms with Crippen molar-refractivity contribution in [3.05, 3.63) is 22.4 Å². The topological polar surface area (TPSA) is 98.5 Å². The fourth-order valence-electron chi connectivity index (χ4n) is 1.42. The molecule has 0 fully saturated rings. The maximum Gasteiger partial charge on any atom is 0.329 e. The van der Waals surface area contributed by atoms with Gasteiger partial charge < -0.3 is 15.8 Å². The molecule has 20 heavy (non-hydrogen) atoms. The van der Waals surface area contributed by atoms with Gasteiger partial charge in [-0.2, -0.15) is 0 Å². The molecule has 0 aliphatic heterocycles. The molecule has 1 aromatic rings. The summed E-state index contributed by atoms with van der Waals surface area (Å²) in [4.78, 5) is 35.3. The second kappa shape index (κ2) is 7.04. The molecule has 7 heteroatoms. The first kappa shape index (κ1) is 16.2. The number of carbonyl (C=O) groups is 3. The van der Waals surface area contributed by atoms with Crippen molar-refractivity contribution < 1.29 is 19.1 Å². The SMILES string of the molecule is CC(C)[C@@H](NC(=O)c1cccs1)C(=O)O[C@H](C)C(N)=O. The molecule has 0 aromatic carbocycles. The molecular weight excluding hydrogens is 280 g/mol. The van der Waals surface area contributed by atoms with Gasteiger partial charge in [-0.25, -0.2) is 4.79 Å². The van der Waals surface area contributed by atoms with Crippen LogP contribution in [0.1, 0.15) is 30.4 Å². The molecule has 0 spiro atoms. The van der Waals surface area contributed by atoms with Crippen LogP contribution in [0.5, 0.6) is 0 Å². The molecule has 0 bridgehead atoms. The lowest BCUT2D eigenvalue weighted by atomic mass is 10.0. The Morgan fingerprint density at radius 3 is 2.40 bits per heavy atom. The number of carbonyl (C=O) groups excluding carboxylic acids is 3. The number of primary amides is 1. The summed E-state index contributed by atoms with van der Waals surface area (Å²) >= 11 is 1.28. The molecule has 1 aromatic heterocycles. The van der Waals surface area contributed by atoms with Crippen LogP contribution in [0.25, 0.3) is 0 Å². The molecule has 0 radical (unpaired) electrons. The van der Waals surface area contributed by atoms with E-state index >= 15 is 0 Å². The minimum absolute atomic E-state index is 0.175. The van der Waals surface area contributed by atoms with E-state index in [0.29, 0.717) is 4.88 Å². The standard InChI is InChI=1S/C13H18N2O4S/c1-7(2)10(13(18)19-8(3)11(14)16)15-12(17)9-5-4-6-20-9/h4-8,10H,1-3H3,(H2,14,16)(H,15,17)/t8-,10-/m1/s1. The summed E-state index contributed by atoms with van der Waals surface area (Å²) in [6, 6.07) is 2.58. The Balaban J connectivity index is 2.72. The highest BCUT2D eigenvalue weighted by Gasteiger charge is 2.28. The minimum Gasteiger partial charge on any atom is -0.451 e. The predicted molar refractivity (Wildman–Crippen MR) is 75.2 cm³/mol. The predicted octanol–water partition coefficient (Wildman–Crippen LogP) is 0.920.